The molecule has 0 aromatic heterocycles. The summed E-state index contributed by atoms with van der Waals surface area (Å²) in [7, 11) is 0. The highest BCUT2D eigenvalue weighted by atomic mass is 35.5. The van der Waals surface area contributed by atoms with Crippen molar-refractivity contribution in [1.29, 1.82) is 0 Å². The second kappa shape index (κ2) is 7.35. The zero-order valence-electron chi connectivity index (χ0n) is 12.2. The van der Waals surface area contributed by atoms with Gasteiger partial charge in [-0.3, -0.25) is 9.59 Å². The molecule has 4 nitrogen and oxygen atoms in total. The van der Waals surface area contributed by atoms with Crippen LogP contribution in [0.4, 0.5) is 18.9 Å². The molecule has 8 heteroatoms. The quantitative estimate of drug-likeness (QED) is 0.877. The highest BCUT2D eigenvalue weighted by Crippen LogP contribution is 2.29. The van der Waals surface area contributed by atoms with Crippen molar-refractivity contribution < 1.29 is 22.8 Å². The van der Waals surface area contributed by atoms with Crippen LogP contribution in [0.25, 0.3) is 0 Å². The first-order valence-electron chi connectivity index (χ1n) is 6.76. The van der Waals surface area contributed by atoms with E-state index in [-0.39, 0.29) is 12.2 Å². The molecule has 0 spiro atoms. The Hall–Kier alpha value is -2.54. The predicted molar refractivity (Wildman–Crippen MR) is 83.9 cm³/mol. The number of carbonyl (C=O) groups excluding carboxylic acids is 2. The van der Waals surface area contributed by atoms with E-state index in [1.165, 1.54) is 12.1 Å². The maximum Gasteiger partial charge on any atom is 0.416 e. The molecular weight excluding hydrogens is 345 g/mol. The van der Waals surface area contributed by atoms with E-state index in [0.29, 0.717) is 10.6 Å². The molecule has 0 atom stereocenters. The summed E-state index contributed by atoms with van der Waals surface area (Å²) in [5.41, 5.74) is -0.315. The first-order chi connectivity index (χ1) is 11.3. The molecule has 0 aliphatic carbocycles. The average Bonchev–Trinajstić information content (AvgIpc) is 2.52. The van der Waals surface area contributed by atoms with Crippen molar-refractivity contribution in [3.63, 3.8) is 0 Å². The number of rotatable bonds is 4. The maximum atomic E-state index is 12.4. The Bertz CT molecular complexity index is 746. The van der Waals surface area contributed by atoms with Gasteiger partial charge in [-0.25, -0.2) is 0 Å². The highest BCUT2D eigenvalue weighted by molar-refractivity contribution is 6.31. The van der Waals surface area contributed by atoms with Gasteiger partial charge in [0.1, 0.15) is 0 Å². The van der Waals surface area contributed by atoms with Gasteiger partial charge in [-0.2, -0.15) is 13.2 Å². The van der Waals surface area contributed by atoms with Gasteiger partial charge in [-0.1, -0.05) is 17.7 Å². The van der Waals surface area contributed by atoms with E-state index in [9.17, 15) is 22.8 Å². The van der Waals surface area contributed by atoms with Crippen molar-refractivity contribution >= 4 is 29.1 Å². The number of alkyl halides is 3. The van der Waals surface area contributed by atoms with Crippen molar-refractivity contribution in [2.24, 2.45) is 0 Å². The fourth-order valence-electron chi connectivity index (χ4n) is 1.84. The van der Waals surface area contributed by atoms with Crippen molar-refractivity contribution in [3.8, 4) is 0 Å². The Labute approximate surface area is 140 Å². The number of amides is 2. The number of carbonyl (C=O) groups is 2. The van der Waals surface area contributed by atoms with Crippen molar-refractivity contribution in [2.45, 2.75) is 6.18 Å². The number of hydrogen-bond acceptors (Lipinski definition) is 2. The number of benzene rings is 2. The summed E-state index contributed by atoms with van der Waals surface area (Å²) >= 11 is 5.76. The third-order valence-corrected chi connectivity index (χ3v) is 3.23. The second-order valence-electron chi connectivity index (χ2n) is 4.82. The average molecular weight is 357 g/mol. The van der Waals surface area contributed by atoms with Gasteiger partial charge in [-0.15, -0.1) is 0 Å². The predicted octanol–water partition coefficient (Wildman–Crippen LogP) is 3.73. The molecule has 2 aromatic carbocycles. The van der Waals surface area contributed by atoms with Gasteiger partial charge in [0.15, 0.2) is 0 Å². The van der Waals surface area contributed by atoms with Gasteiger partial charge < -0.3 is 10.6 Å². The molecule has 2 rings (SSSR count). The molecule has 0 saturated heterocycles. The zero-order valence-corrected chi connectivity index (χ0v) is 12.9. The van der Waals surface area contributed by atoms with Crippen LogP contribution in [0.3, 0.4) is 0 Å². The number of nitrogens with one attached hydrogen (secondary N) is 2. The summed E-state index contributed by atoms with van der Waals surface area (Å²) in [4.78, 5) is 23.6. The summed E-state index contributed by atoms with van der Waals surface area (Å²) in [6.45, 7) is -0.327. The summed E-state index contributed by atoms with van der Waals surface area (Å²) in [5, 5.41) is 5.17. The molecule has 2 aromatic rings. The minimum atomic E-state index is -4.44. The van der Waals surface area contributed by atoms with E-state index in [2.05, 4.69) is 10.6 Å². The Kier molecular flexibility index (Phi) is 5.46. The first kappa shape index (κ1) is 17.8. The fraction of sp³-hybridized carbons (Fsp3) is 0.125. The third kappa shape index (κ3) is 4.99. The molecule has 0 heterocycles. The molecular formula is C16H12ClF3N2O2. The van der Waals surface area contributed by atoms with Crippen LogP contribution >= 0.6 is 11.6 Å². The molecule has 2 amide bonds. The third-order valence-electron chi connectivity index (χ3n) is 2.99. The molecule has 0 aliphatic heterocycles. The molecule has 0 unspecified atom stereocenters. The molecule has 0 fully saturated rings. The van der Waals surface area contributed by atoms with E-state index in [4.69, 9.17) is 11.6 Å². The van der Waals surface area contributed by atoms with Crippen molar-refractivity contribution in [2.75, 3.05) is 11.9 Å². The second-order valence-corrected chi connectivity index (χ2v) is 5.25. The number of anilines is 1. The van der Waals surface area contributed by atoms with Crippen LogP contribution < -0.4 is 10.6 Å². The van der Waals surface area contributed by atoms with Crippen LogP contribution in [0.2, 0.25) is 5.02 Å². The molecule has 126 valence electrons. The van der Waals surface area contributed by atoms with Crippen molar-refractivity contribution in [1.82, 2.24) is 5.32 Å². The molecule has 0 radical (unpaired) electrons. The fourth-order valence-corrected chi connectivity index (χ4v) is 2.03. The lowest BCUT2D eigenvalue weighted by Gasteiger charge is -2.09. The van der Waals surface area contributed by atoms with Crippen LogP contribution in [0.5, 0.6) is 0 Å². The molecule has 0 bridgehead atoms. The van der Waals surface area contributed by atoms with E-state index < -0.39 is 23.6 Å². The Balaban J connectivity index is 1.88. The number of halogens is 4. The minimum absolute atomic E-state index is 0.199. The van der Waals surface area contributed by atoms with E-state index in [0.717, 1.165) is 24.3 Å². The van der Waals surface area contributed by atoms with Crippen molar-refractivity contribution in [3.05, 3.63) is 64.7 Å². The van der Waals surface area contributed by atoms with Gasteiger partial charge in [0.2, 0.25) is 5.91 Å². The smallest absolute Gasteiger partial charge is 0.343 e. The molecule has 0 saturated carbocycles. The van der Waals surface area contributed by atoms with Gasteiger partial charge in [0.05, 0.1) is 12.1 Å². The summed E-state index contributed by atoms with van der Waals surface area (Å²) in [6.07, 6.45) is -4.44. The Morgan fingerprint density at radius 3 is 2.29 bits per heavy atom. The molecule has 24 heavy (non-hydrogen) atoms. The van der Waals surface area contributed by atoms with Crippen LogP contribution in [0.15, 0.2) is 48.5 Å². The van der Waals surface area contributed by atoms with Crippen LogP contribution in [0, 0.1) is 0 Å². The summed E-state index contributed by atoms with van der Waals surface area (Å²) in [6, 6.07) is 10.2. The van der Waals surface area contributed by atoms with Gasteiger partial charge in [0, 0.05) is 16.3 Å². The van der Waals surface area contributed by atoms with E-state index in [1.807, 2.05) is 0 Å². The standard InChI is InChI=1S/C16H12ClF3N2O2/c17-12-3-1-2-10(8-12)15(24)21-9-14(23)22-13-6-4-11(5-7-13)16(18,19)20/h1-8H,9H2,(H,21,24)(H,22,23). The summed E-state index contributed by atoms with van der Waals surface area (Å²) in [5.74, 6) is -1.05. The highest BCUT2D eigenvalue weighted by Gasteiger charge is 2.29. The van der Waals surface area contributed by atoms with E-state index >= 15 is 0 Å². The zero-order chi connectivity index (χ0) is 17.7. The van der Waals surface area contributed by atoms with Crippen LogP contribution in [-0.2, 0) is 11.0 Å². The molecule has 2 N–H and O–H groups in total. The normalized spacial score (nSPS) is 11.0. The lowest BCUT2D eigenvalue weighted by molar-refractivity contribution is -0.137. The SMILES string of the molecule is O=C(CNC(=O)c1cccc(Cl)c1)Nc1ccc(C(F)(F)F)cc1. The lowest BCUT2D eigenvalue weighted by atomic mass is 10.2. The van der Waals surface area contributed by atoms with Gasteiger partial charge in [-0.05, 0) is 42.5 Å². The lowest BCUT2D eigenvalue weighted by Crippen LogP contribution is -2.32. The van der Waals surface area contributed by atoms with Gasteiger partial charge >= 0.3 is 6.18 Å². The Morgan fingerprint density at radius 1 is 1.04 bits per heavy atom. The summed E-state index contributed by atoms with van der Waals surface area (Å²) < 4.78 is 37.3. The van der Waals surface area contributed by atoms with Gasteiger partial charge in [0.25, 0.3) is 5.91 Å². The van der Waals surface area contributed by atoms with Crippen LogP contribution in [0.1, 0.15) is 15.9 Å². The number of hydrogen-bond donors (Lipinski definition) is 2. The topological polar surface area (TPSA) is 58.2 Å². The van der Waals surface area contributed by atoms with Crippen LogP contribution in [-0.4, -0.2) is 18.4 Å². The molecule has 0 aliphatic rings. The Morgan fingerprint density at radius 2 is 1.71 bits per heavy atom. The monoisotopic (exact) mass is 356 g/mol. The maximum absolute atomic E-state index is 12.4. The largest absolute Gasteiger partial charge is 0.416 e. The first-order valence-corrected chi connectivity index (χ1v) is 7.14. The van der Waals surface area contributed by atoms with E-state index in [1.54, 1.807) is 12.1 Å². The minimum Gasteiger partial charge on any atom is -0.343 e.